The number of benzene rings is 2. The van der Waals surface area contributed by atoms with Gasteiger partial charge in [0.15, 0.2) is 0 Å². The first-order chi connectivity index (χ1) is 13.4. The minimum atomic E-state index is 0.126. The smallest absolute Gasteiger partial charge is 0.132 e. The SMILES string of the molecule is C#C.C=C(c1cccc(O)c1)c1c(OC)cc(OC)c(CCC(C)CO)c1N. The highest BCUT2D eigenvalue weighted by Gasteiger charge is 2.21. The van der Waals surface area contributed by atoms with Gasteiger partial charge in [-0.2, -0.15) is 0 Å². The summed E-state index contributed by atoms with van der Waals surface area (Å²) in [5, 5.41) is 19.1. The molecule has 0 fully saturated rings. The van der Waals surface area contributed by atoms with Crippen LogP contribution in [0.1, 0.15) is 30.0 Å². The van der Waals surface area contributed by atoms with Crippen LogP contribution in [-0.4, -0.2) is 31.0 Å². The number of aliphatic hydroxyl groups excluding tert-OH is 1. The highest BCUT2D eigenvalue weighted by Crippen LogP contribution is 2.42. The number of phenolic OH excluding ortho intramolecular Hbond substituents is 1. The normalized spacial score (nSPS) is 11.1. The van der Waals surface area contributed by atoms with Crippen LogP contribution in [0.15, 0.2) is 36.9 Å². The number of phenols is 1. The number of methoxy groups -OCH3 is 2. The monoisotopic (exact) mass is 383 g/mol. The third-order valence-electron chi connectivity index (χ3n) is 4.54. The molecule has 5 heteroatoms. The van der Waals surface area contributed by atoms with E-state index in [0.717, 1.165) is 17.5 Å². The molecule has 2 rings (SSSR count). The molecule has 0 saturated carbocycles. The number of hydrogen-bond donors (Lipinski definition) is 3. The van der Waals surface area contributed by atoms with Crippen LogP contribution in [0.4, 0.5) is 5.69 Å². The Bertz CT molecular complexity index is 827. The summed E-state index contributed by atoms with van der Waals surface area (Å²) in [6, 6.07) is 8.66. The third kappa shape index (κ3) is 5.21. The summed E-state index contributed by atoms with van der Waals surface area (Å²) in [5.41, 5.74) is 10.0. The molecular weight excluding hydrogens is 354 g/mol. The summed E-state index contributed by atoms with van der Waals surface area (Å²) < 4.78 is 11.0. The summed E-state index contributed by atoms with van der Waals surface area (Å²) in [4.78, 5) is 0. The van der Waals surface area contributed by atoms with Gasteiger partial charge in [0.1, 0.15) is 17.2 Å². The minimum Gasteiger partial charge on any atom is -0.508 e. The van der Waals surface area contributed by atoms with Crippen molar-refractivity contribution >= 4 is 11.3 Å². The molecule has 0 spiro atoms. The highest BCUT2D eigenvalue weighted by molar-refractivity contribution is 5.90. The van der Waals surface area contributed by atoms with Crippen molar-refractivity contribution < 1.29 is 19.7 Å². The van der Waals surface area contributed by atoms with Gasteiger partial charge in [0.05, 0.1) is 19.9 Å². The van der Waals surface area contributed by atoms with Gasteiger partial charge in [-0.1, -0.05) is 25.6 Å². The second-order valence-corrected chi connectivity index (χ2v) is 6.40. The van der Waals surface area contributed by atoms with E-state index in [4.69, 9.17) is 15.2 Å². The fraction of sp³-hybridized carbons (Fsp3) is 0.304. The van der Waals surface area contributed by atoms with E-state index in [1.165, 1.54) is 0 Å². The Morgan fingerprint density at radius 3 is 2.36 bits per heavy atom. The van der Waals surface area contributed by atoms with Gasteiger partial charge in [-0.3, -0.25) is 0 Å². The maximum Gasteiger partial charge on any atom is 0.132 e. The van der Waals surface area contributed by atoms with E-state index in [1.807, 2.05) is 13.0 Å². The van der Waals surface area contributed by atoms with Crippen molar-refractivity contribution in [3.63, 3.8) is 0 Å². The largest absolute Gasteiger partial charge is 0.508 e. The molecule has 5 nitrogen and oxygen atoms in total. The Labute approximate surface area is 167 Å². The van der Waals surface area contributed by atoms with E-state index in [2.05, 4.69) is 19.4 Å². The Hall–Kier alpha value is -3.10. The van der Waals surface area contributed by atoms with Crippen LogP contribution in [0.5, 0.6) is 17.2 Å². The zero-order chi connectivity index (χ0) is 21.3. The Morgan fingerprint density at radius 2 is 1.82 bits per heavy atom. The number of anilines is 1. The predicted molar refractivity (Wildman–Crippen MR) is 115 cm³/mol. The number of aliphatic hydroxyl groups is 1. The first kappa shape index (κ1) is 22.9. The van der Waals surface area contributed by atoms with E-state index in [9.17, 15) is 10.2 Å². The molecule has 0 aromatic heterocycles. The lowest BCUT2D eigenvalue weighted by Crippen LogP contribution is -2.08. The molecule has 4 N–H and O–H groups in total. The van der Waals surface area contributed by atoms with Crippen molar-refractivity contribution in [1.82, 2.24) is 0 Å². The maximum absolute atomic E-state index is 9.77. The maximum atomic E-state index is 9.77. The van der Waals surface area contributed by atoms with Crippen LogP contribution in [0.2, 0.25) is 0 Å². The predicted octanol–water partition coefficient (Wildman–Crippen LogP) is 3.86. The van der Waals surface area contributed by atoms with Gasteiger partial charge in [-0.05, 0) is 42.0 Å². The average molecular weight is 383 g/mol. The van der Waals surface area contributed by atoms with Crippen molar-refractivity contribution in [2.45, 2.75) is 19.8 Å². The van der Waals surface area contributed by atoms with E-state index < -0.39 is 0 Å². The molecule has 0 radical (unpaired) electrons. The first-order valence-electron chi connectivity index (χ1n) is 8.89. The number of nitrogen functional groups attached to an aromatic ring is 1. The highest BCUT2D eigenvalue weighted by atomic mass is 16.5. The number of hydrogen-bond acceptors (Lipinski definition) is 5. The van der Waals surface area contributed by atoms with Crippen molar-refractivity contribution in [1.29, 1.82) is 0 Å². The van der Waals surface area contributed by atoms with Crippen LogP contribution in [0.3, 0.4) is 0 Å². The van der Waals surface area contributed by atoms with Gasteiger partial charge in [0, 0.05) is 23.8 Å². The molecule has 28 heavy (non-hydrogen) atoms. The topological polar surface area (TPSA) is 84.9 Å². The summed E-state index contributed by atoms with van der Waals surface area (Å²) in [7, 11) is 3.16. The fourth-order valence-electron chi connectivity index (χ4n) is 2.93. The molecular formula is C23H29NO4. The van der Waals surface area contributed by atoms with E-state index in [0.29, 0.717) is 34.7 Å². The van der Waals surface area contributed by atoms with Crippen LogP contribution < -0.4 is 15.2 Å². The van der Waals surface area contributed by atoms with Crippen molar-refractivity contribution in [3.8, 4) is 30.1 Å². The van der Waals surface area contributed by atoms with Crippen LogP contribution in [-0.2, 0) is 6.42 Å². The quantitative estimate of drug-likeness (QED) is 0.476. The molecule has 0 aliphatic heterocycles. The van der Waals surface area contributed by atoms with Crippen LogP contribution in [0, 0.1) is 18.8 Å². The molecule has 0 saturated heterocycles. The second-order valence-electron chi connectivity index (χ2n) is 6.40. The second kappa shape index (κ2) is 10.9. The summed E-state index contributed by atoms with van der Waals surface area (Å²) >= 11 is 0. The van der Waals surface area contributed by atoms with Gasteiger partial charge >= 0.3 is 0 Å². The molecule has 2 aromatic carbocycles. The standard InChI is InChI=1S/C21H27NO4.C2H2/c1-13(12-23)8-9-17-18(25-3)11-19(26-4)20(21(17)22)14(2)15-6-5-7-16(24)10-15;1-2/h5-7,10-11,13,23-24H,2,8-9,12,22H2,1,3-4H3;1-2H. The molecule has 1 unspecified atom stereocenters. The minimum absolute atomic E-state index is 0.126. The van der Waals surface area contributed by atoms with E-state index >= 15 is 0 Å². The van der Waals surface area contributed by atoms with Gasteiger partial charge < -0.3 is 25.4 Å². The third-order valence-corrected chi connectivity index (χ3v) is 4.54. The average Bonchev–Trinajstić information content (AvgIpc) is 2.72. The zero-order valence-electron chi connectivity index (χ0n) is 16.7. The van der Waals surface area contributed by atoms with Gasteiger partial charge in [0.25, 0.3) is 0 Å². The summed E-state index contributed by atoms with van der Waals surface area (Å²) in [6.45, 7) is 6.27. The van der Waals surface area contributed by atoms with Gasteiger partial charge in [-0.25, -0.2) is 0 Å². The molecule has 0 amide bonds. The first-order valence-corrected chi connectivity index (χ1v) is 8.89. The van der Waals surface area contributed by atoms with Gasteiger partial charge in [-0.15, -0.1) is 12.8 Å². The fourth-order valence-corrected chi connectivity index (χ4v) is 2.93. The lowest BCUT2D eigenvalue weighted by Gasteiger charge is -2.21. The lowest BCUT2D eigenvalue weighted by molar-refractivity contribution is 0.230. The molecule has 0 aliphatic rings. The van der Waals surface area contributed by atoms with Gasteiger partial charge in [0.2, 0.25) is 0 Å². The van der Waals surface area contributed by atoms with Crippen LogP contribution >= 0.6 is 0 Å². The summed E-state index contributed by atoms with van der Waals surface area (Å²) in [6.07, 6.45) is 9.45. The lowest BCUT2D eigenvalue weighted by atomic mass is 9.91. The number of ether oxygens (including phenoxy) is 2. The Kier molecular flexibility index (Phi) is 8.94. The Balaban J connectivity index is 0.00000190. The number of terminal acetylenes is 1. The van der Waals surface area contributed by atoms with E-state index in [-0.39, 0.29) is 18.3 Å². The summed E-state index contributed by atoms with van der Waals surface area (Å²) in [5.74, 6) is 1.54. The number of nitrogens with two attached hydrogens (primary N) is 1. The molecule has 0 aliphatic carbocycles. The molecule has 1 atom stereocenters. The molecule has 2 aromatic rings. The molecule has 0 heterocycles. The van der Waals surface area contributed by atoms with Crippen molar-refractivity contribution in [3.05, 3.63) is 53.6 Å². The molecule has 150 valence electrons. The Morgan fingerprint density at radius 1 is 1.18 bits per heavy atom. The van der Waals surface area contributed by atoms with Crippen LogP contribution in [0.25, 0.3) is 5.57 Å². The van der Waals surface area contributed by atoms with Crippen molar-refractivity contribution in [2.24, 2.45) is 5.92 Å². The number of aromatic hydroxyl groups is 1. The van der Waals surface area contributed by atoms with Crippen molar-refractivity contribution in [2.75, 3.05) is 26.6 Å². The zero-order valence-corrected chi connectivity index (χ0v) is 16.7. The van der Waals surface area contributed by atoms with E-state index in [1.54, 1.807) is 38.5 Å². The number of rotatable bonds is 8. The molecule has 0 bridgehead atoms.